The molecule has 0 aliphatic rings. The predicted molar refractivity (Wildman–Crippen MR) is 74.5 cm³/mol. The van der Waals surface area contributed by atoms with E-state index < -0.39 is 0 Å². The van der Waals surface area contributed by atoms with Crippen molar-refractivity contribution in [3.63, 3.8) is 0 Å². The second kappa shape index (κ2) is 6.26. The Bertz CT molecular complexity index is 350. The highest BCUT2D eigenvalue weighted by atomic mass is 32.2. The van der Waals surface area contributed by atoms with Crippen LogP contribution in [0.15, 0.2) is 18.5 Å². The molecule has 1 unspecified atom stereocenters. The van der Waals surface area contributed by atoms with Crippen LogP contribution in [0.1, 0.15) is 39.3 Å². The molecule has 17 heavy (non-hydrogen) atoms. The number of pyridine rings is 1. The van der Waals surface area contributed by atoms with Crippen LogP contribution in [0.2, 0.25) is 0 Å². The Labute approximate surface area is 108 Å². The number of ether oxygens (including phenoxy) is 1. The van der Waals surface area contributed by atoms with Gasteiger partial charge in [-0.3, -0.25) is 4.98 Å². The molecule has 1 aromatic rings. The Kier molecular flexibility index (Phi) is 5.28. The van der Waals surface area contributed by atoms with Gasteiger partial charge in [-0.1, -0.05) is 20.8 Å². The van der Waals surface area contributed by atoms with Gasteiger partial charge >= 0.3 is 0 Å². The summed E-state index contributed by atoms with van der Waals surface area (Å²) in [5.74, 6) is 1.68. The maximum atomic E-state index is 6.15. The summed E-state index contributed by atoms with van der Waals surface area (Å²) < 4.78 is 5.66. The van der Waals surface area contributed by atoms with Crippen LogP contribution in [0.5, 0.6) is 5.75 Å². The molecule has 2 N–H and O–H groups in total. The fourth-order valence-corrected chi connectivity index (χ4v) is 2.19. The standard InChI is InChI=1S/C13H22N2OS/c1-5-16-11-6-10(7-15-8-11)12(14)9-17-13(2,3)4/h6-8,12H,5,9,14H2,1-4H3. The van der Waals surface area contributed by atoms with Crippen molar-refractivity contribution in [3.8, 4) is 5.75 Å². The van der Waals surface area contributed by atoms with E-state index in [9.17, 15) is 0 Å². The number of nitrogens with two attached hydrogens (primary N) is 1. The fourth-order valence-electron chi connectivity index (χ4n) is 1.32. The van der Waals surface area contributed by atoms with Gasteiger partial charge in [0.1, 0.15) is 5.75 Å². The molecule has 0 saturated carbocycles. The number of aromatic nitrogens is 1. The molecule has 96 valence electrons. The van der Waals surface area contributed by atoms with Crippen LogP contribution in [0.25, 0.3) is 0 Å². The van der Waals surface area contributed by atoms with Crippen molar-refractivity contribution in [2.75, 3.05) is 12.4 Å². The second-order valence-corrected chi connectivity index (χ2v) is 6.76. The number of nitrogens with zero attached hydrogens (tertiary/aromatic N) is 1. The molecule has 0 aliphatic heterocycles. The zero-order valence-corrected chi connectivity index (χ0v) is 11.9. The smallest absolute Gasteiger partial charge is 0.137 e. The monoisotopic (exact) mass is 254 g/mol. The van der Waals surface area contributed by atoms with Gasteiger partial charge in [-0.25, -0.2) is 0 Å². The van der Waals surface area contributed by atoms with E-state index in [4.69, 9.17) is 10.5 Å². The van der Waals surface area contributed by atoms with Crippen molar-refractivity contribution in [2.45, 2.75) is 38.5 Å². The number of rotatable bonds is 5. The molecule has 0 bridgehead atoms. The lowest BCUT2D eigenvalue weighted by Gasteiger charge is -2.20. The van der Waals surface area contributed by atoms with E-state index >= 15 is 0 Å². The SMILES string of the molecule is CCOc1cncc(C(N)CSC(C)(C)C)c1. The van der Waals surface area contributed by atoms with Crippen molar-refractivity contribution in [2.24, 2.45) is 5.73 Å². The third-order valence-electron chi connectivity index (χ3n) is 2.17. The predicted octanol–water partition coefficient (Wildman–Crippen LogP) is 3.01. The van der Waals surface area contributed by atoms with Gasteiger partial charge in [-0.05, 0) is 18.6 Å². The minimum atomic E-state index is 0.00660. The Morgan fingerprint density at radius 2 is 2.12 bits per heavy atom. The van der Waals surface area contributed by atoms with Crippen molar-refractivity contribution >= 4 is 11.8 Å². The van der Waals surface area contributed by atoms with Gasteiger partial charge in [-0.15, -0.1) is 0 Å². The maximum absolute atomic E-state index is 6.15. The van der Waals surface area contributed by atoms with E-state index in [0.29, 0.717) is 6.61 Å². The normalized spacial score (nSPS) is 13.5. The largest absolute Gasteiger partial charge is 0.492 e. The molecule has 0 aromatic carbocycles. The van der Waals surface area contributed by atoms with Gasteiger partial charge in [0.15, 0.2) is 0 Å². The Balaban J connectivity index is 2.62. The lowest BCUT2D eigenvalue weighted by Crippen LogP contribution is -2.18. The lowest BCUT2D eigenvalue weighted by atomic mass is 10.1. The zero-order chi connectivity index (χ0) is 12.9. The van der Waals surface area contributed by atoms with Crippen molar-refractivity contribution in [1.82, 2.24) is 4.98 Å². The van der Waals surface area contributed by atoms with Gasteiger partial charge in [0.25, 0.3) is 0 Å². The van der Waals surface area contributed by atoms with Crippen molar-refractivity contribution < 1.29 is 4.74 Å². The first-order valence-electron chi connectivity index (χ1n) is 5.89. The molecule has 1 heterocycles. The van der Waals surface area contributed by atoms with Gasteiger partial charge in [0.05, 0.1) is 12.8 Å². The average molecular weight is 254 g/mol. The second-order valence-electron chi connectivity index (χ2n) is 4.92. The van der Waals surface area contributed by atoms with Gasteiger partial charge < -0.3 is 10.5 Å². The van der Waals surface area contributed by atoms with E-state index in [-0.39, 0.29) is 10.8 Å². The molecular weight excluding hydrogens is 232 g/mol. The van der Waals surface area contributed by atoms with Crippen LogP contribution in [-0.2, 0) is 0 Å². The van der Waals surface area contributed by atoms with Crippen LogP contribution >= 0.6 is 11.8 Å². The molecule has 0 saturated heterocycles. The molecule has 0 radical (unpaired) electrons. The van der Waals surface area contributed by atoms with Gasteiger partial charge in [0, 0.05) is 22.7 Å². The minimum absolute atomic E-state index is 0.00660. The summed E-state index contributed by atoms with van der Waals surface area (Å²) in [6.07, 6.45) is 3.53. The summed E-state index contributed by atoms with van der Waals surface area (Å²) >= 11 is 1.86. The molecule has 0 aliphatic carbocycles. The van der Waals surface area contributed by atoms with E-state index in [1.807, 2.05) is 30.9 Å². The summed E-state index contributed by atoms with van der Waals surface area (Å²) in [5.41, 5.74) is 7.19. The van der Waals surface area contributed by atoms with E-state index in [1.165, 1.54) is 0 Å². The highest BCUT2D eigenvalue weighted by Crippen LogP contribution is 2.27. The summed E-state index contributed by atoms with van der Waals surface area (Å²) in [5, 5.41) is 0. The molecule has 1 aromatic heterocycles. The van der Waals surface area contributed by atoms with E-state index in [0.717, 1.165) is 17.1 Å². The topological polar surface area (TPSA) is 48.1 Å². The van der Waals surface area contributed by atoms with Crippen LogP contribution in [0, 0.1) is 0 Å². The van der Waals surface area contributed by atoms with E-state index in [2.05, 4.69) is 25.8 Å². The van der Waals surface area contributed by atoms with Crippen LogP contribution in [-0.4, -0.2) is 22.1 Å². The molecule has 1 atom stereocenters. The Hall–Kier alpha value is -0.740. The third-order valence-corrected chi connectivity index (χ3v) is 3.56. The first-order chi connectivity index (χ1) is 7.92. The number of hydrogen-bond donors (Lipinski definition) is 1. The fraction of sp³-hybridized carbons (Fsp3) is 0.615. The molecule has 0 amide bonds. The van der Waals surface area contributed by atoms with Crippen LogP contribution in [0.4, 0.5) is 0 Å². The third kappa shape index (κ3) is 5.41. The maximum Gasteiger partial charge on any atom is 0.137 e. The minimum Gasteiger partial charge on any atom is -0.492 e. The Morgan fingerprint density at radius 1 is 1.41 bits per heavy atom. The van der Waals surface area contributed by atoms with Gasteiger partial charge in [0.2, 0.25) is 0 Å². The van der Waals surface area contributed by atoms with Crippen molar-refractivity contribution in [3.05, 3.63) is 24.0 Å². The van der Waals surface area contributed by atoms with Crippen molar-refractivity contribution in [1.29, 1.82) is 0 Å². The highest BCUT2D eigenvalue weighted by molar-refractivity contribution is 8.00. The molecule has 0 spiro atoms. The molecular formula is C13H22N2OS. The number of hydrogen-bond acceptors (Lipinski definition) is 4. The zero-order valence-electron chi connectivity index (χ0n) is 11.1. The molecule has 0 fully saturated rings. The first kappa shape index (κ1) is 14.3. The van der Waals surface area contributed by atoms with Gasteiger partial charge in [-0.2, -0.15) is 11.8 Å². The Morgan fingerprint density at radius 3 is 2.71 bits per heavy atom. The van der Waals surface area contributed by atoms with E-state index in [1.54, 1.807) is 6.20 Å². The summed E-state index contributed by atoms with van der Waals surface area (Å²) in [6, 6.07) is 1.98. The molecule has 3 nitrogen and oxygen atoms in total. The average Bonchev–Trinajstić information content (AvgIpc) is 2.26. The number of thioether (sulfide) groups is 1. The van der Waals surface area contributed by atoms with Crippen LogP contribution in [0.3, 0.4) is 0 Å². The first-order valence-corrected chi connectivity index (χ1v) is 6.88. The molecule has 1 rings (SSSR count). The molecule has 4 heteroatoms. The summed E-state index contributed by atoms with van der Waals surface area (Å²) in [6.45, 7) is 9.19. The summed E-state index contributed by atoms with van der Waals surface area (Å²) in [7, 11) is 0. The lowest BCUT2D eigenvalue weighted by molar-refractivity contribution is 0.338. The van der Waals surface area contributed by atoms with Crippen LogP contribution < -0.4 is 10.5 Å². The quantitative estimate of drug-likeness (QED) is 0.877. The highest BCUT2D eigenvalue weighted by Gasteiger charge is 2.15. The summed E-state index contributed by atoms with van der Waals surface area (Å²) in [4.78, 5) is 4.15.